The molecule has 0 unspecified atom stereocenters. The van der Waals surface area contributed by atoms with Crippen molar-refractivity contribution in [1.82, 2.24) is 4.90 Å². The summed E-state index contributed by atoms with van der Waals surface area (Å²) in [4.78, 5) is 19.8. The maximum Gasteiger partial charge on any atom is 0.253 e. The van der Waals surface area contributed by atoms with Crippen molar-refractivity contribution in [1.29, 1.82) is 5.26 Å². The number of ether oxygens (including phenoxy) is 1. The average Bonchev–Trinajstić information content (AvgIpc) is 2.79. The largest absolute Gasteiger partial charge is 0.383 e. The number of likely N-dealkylation sites (tertiary alicyclic amines) is 1. The monoisotopic (exact) mass is 403 g/mol. The summed E-state index contributed by atoms with van der Waals surface area (Å²) in [6.45, 7) is 2.29. The molecular weight excluding hydrogens is 378 g/mol. The molecule has 1 amide bonds. The molecule has 1 saturated heterocycles. The fourth-order valence-electron chi connectivity index (χ4n) is 4.10. The molecule has 4 rings (SSSR count). The van der Waals surface area contributed by atoms with Crippen molar-refractivity contribution >= 4 is 23.1 Å². The van der Waals surface area contributed by atoms with E-state index >= 15 is 0 Å². The second-order valence-corrected chi connectivity index (χ2v) is 7.62. The molecule has 2 heterocycles. The molecule has 1 spiro atoms. The van der Waals surface area contributed by atoms with Crippen molar-refractivity contribution in [2.45, 2.75) is 18.4 Å². The van der Waals surface area contributed by atoms with Gasteiger partial charge in [0.15, 0.2) is 0 Å². The summed E-state index contributed by atoms with van der Waals surface area (Å²) in [6.07, 6.45) is 1.74. The van der Waals surface area contributed by atoms with E-state index in [9.17, 15) is 4.79 Å². The van der Waals surface area contributed by atoms with Crippen LogP contribution in [-0.2, 0) is 4.74 Å². The Morgan fingerprint density at radius 1 is 1.23 bits per heavy atom. The number of amidine groups is 1. The Morgan fingerprint density at radius 3 is 2.73 bits per heavy atom. The van der Waals surface area contributed by atoms with Crippen molar-refractivity contribution < 1.29 is 9.53 Å². The minimum absolute atomic E-state index is 0.0320. The predicted molar refractivity (Wildman–Crippen MR) is 117 cm³/mol. The second kappa shape index (κ2) is 8.56. The number of hydrogen-bond acceptors (Lipinski definition) is 5. The van der Waals surface area contributed by atoms with Crippen molar-refractivity contribution in [3.05, 3.63) is 59.7 Å². The van der Waals surface area contributed by atoms with E-state index in [1.165, 1.54) is 0 Å². The van der Waals surface area contributed by atoms with Gasteiger partial charge in [-0.1, -0.05) is 12.1 Å². The first kappa shape index (κ1) is 19.9. The van der Waals surface area contributed by atoms with Gasteiger partial charge in [0.1, 0.15) is 11.4 Å². The van der Waals surface area contributed by atoms with Gasteiger partial charge in [0.25, 0.3) is 5.91 Å². The quantitative estimate of drug-likeness (QED) is 0.766. The lowest BCUT2D eigenvalue weighted by atomic mass is 9.84. The average molecular weight is 403 g/mol. The zero-order chi connectivity index (χ0) is 21.0. The number of amides is 1. The first-order valence-electron chi connectivity index (χ1n) is 10.1. The zero-order valence-corrected chi connectivity index (χ0v) is 17.0. The minimum atomic E-state index is -0.470. The van der Waals surface area contributed by atoms with E-state index in [1.54, 1.807) is 31.4 Å². The molecule has 2 aliphatic rings. The summed E-state index contributed by atoms with van der Waals surface area (Å²) >= 11 is 0. The number of methoxy groups -OCH3 is 1. The van der Waals surface area contributed by atoms with E-state index in [0.717, 1.165) is 30.1 Å². The summed E-state index contributed by atoms with van der Waals surface area (Å²) in [5.74, 6) is 0.811. The number of anilines is 2. The van der Waals surface area contributed by atoms with Crippen LogP contribution in [-0.4, -0.2) is 55.5 Å². The Labute approximate surface area is 176 Å². The number of hydrogen-bond donors (Lipinski definition) is 2. The number of nitrogens with one attached hydrogen (secondary N) is 2. The van der Waals surface area contributed by atoms with E-state index in [-0.39, 0.29) is 5.91 Å². The first-order chi connectivity index (χ1) is 14.6. The molecule has 2 aliphatic heterocycles. The second-order valence-electron chi connectivity index (χ2n) is 7.62. The number of aliphatic imine (C=N–C) groups is 1. The highest BCUT2D eigenvalue weighted by Gasteiger charge is 2.44. The summed E-state index contributed by atoms with van der Waals surface area (Å²) in [7, 11) is 1.66. The SMILES string of the molecule is COCCN=C1Nc2ccccc2N[C@@]12CCCN(C(=O)c1ccc(C#N)cc1)C2. The van der Waals surface area contributed by atoms with Crippen LogP contribution in [0.3, 0.4) is 0 Å². The Hall–Kier alpha value is -3.37. The van der Waals surface area contributed by atoms with Gasteiger partial charge in [-0.05, 0) is 49.2 Å². The predicted octanol–water partition coefficient (Wildman–Crippen LogP) is 3.12. The van der Waals surface area contributed by atoms with Crippen molar-refractivity contribution in [3.8, 4) is 6.07 Å². The lowest BCUT2D eigenvalue weighted by Crippen LogP contribution is -2.62. The Kier molecular flexibility index (Phi) is 5.68. The van der Waals surface area contributed by atoms with Crippen molar-refractivity contribution in [2.75, 3.05) is 44.0 Å². The van der Waals surface area contributed by atoms with Crippen LogP contribution < -0.4 is 10.6 Å². The van der Waals surface area contributed by atoms with Gasteiger partial charge in [0.05, 0.1) is 42.7 Å². The van der Waals surface area contributed by atoms with E-state index in [0.29, 0.717) is 37.4 Å². The molecule has 0 radical (unpaired) electrons. The molecular formula is C23H25N5O2. The van der Waals surface area contributed by atoms with Gasteiger partial charge in [0.2, 0.25) is 0 Å². The Bertz CT molecular complexity index is 995. The van der Waals surface area contributed by atoms with Crippen LogP contribution in [0.5, 0.6) is 0 Å². The molecule has 30 heavy (non-hydrogen) atoms. The van der Waals surface area contributed by atoms with E-state index in [1.807, 2.05) is 29.2 Å². The normalized spacial score (nSPS) is 21.5. The lowest BCUT2D eigenvalue weighted by Gasteiger charge is -2.47. The number of para-hydroxylation sites is 2. The molecule has 2 N–H and O–H groups in total. The number of nitrogens with zero attached hydrogens (tertiary/aromatic N) is 3. The van der Waals surface area contributed by atoms with Gasteiger partial charge in [-0.3, -0.25) is 9.79 Å². The van der Waals surface area contributed by atoms with Crippen LogP contribution in [0.25, 0.3) is 0 Å². The number of nitriles is 1. The van der Waals surface area contributed by atoms with E-state index < -0.39 is 5.54 Å². The van der Waals surface area contributed by atoms with Gasteiger partial charge >= 0.3 is 0 Å². The maximum atomic E-state index is 13.2. The highest BCUT2D eigenvalue weighted by molar-refractivity contribution is 6.10. The van der Waals surface area contributed by atoms with Crippen LogP contribution in [0.2, 0.25) is 0 Å². The third kappa shape index (κ3) is 3.87. The molecule has 7 nitrogen and oxygen atoms in total. The fourth-order valence-corrected chi connectivity index (χ4v) is 4.10. The molecule has 7 heteroatoms. The standard InChI is InChI=1S/C23H25N5O2/c1-30-14-12-25-22-23(27-20-6-3-2-5-19(20)26-22)11-4-13-28(16-23)21(29)18-9-7-17(15-24)8-10-18/h2-3,5-10,27H,4,11-14,16H2,1H3,(H,25,26)/t23-/m1/s1. The van der Waals surface area contributed by atoms with E-state index in [2.05, 4.69) is 16.7 Å². The van der Waals surface area contributed by atoms with Crippen LogP contribution in [0.15, 0.2) is 53.5 Å². The molecule has 0 bridgehead atoms. The number of benzene rings is 2. The maximum absolute atomic E-state index is 13.2. The number of piperidine rings is 1. The molecule has 1 fully saturated rings. The summed E-state index contributed by atoms with van der Waals surface area (Å²) in [6, 6.07) is 16.9. The highest BCUT2D eigenvalue weighted by atomic mass is 16.5. The molecule has 154 valence electrons. The first-order valence-corrected chi connectivity index (χ1v) is 10.1. The molecule has 0 aliphatic carbocycles. The molecule has 1 atom stereocenters. The van der Waals surface area contributed by atoms with Gasteiger partial charge in [-0.2, -0.15) is 5.26 Å². The number of carbonyl (C=O) groups excluding carboxylic acids is 1. The lowest BCUT2D eigenvalue weighted by molar-refractivity contribution is 0.0694. The van der Waals surface area contributed by atoms with Crippen LogP contribution in [0, 0.1) is 11.3 Å². The summed E-state index contributed by atoms with van der Waals surface area (Å²) in [5, 5.41) is 16.2. The zero-order valence-electron chi connectivity index (χ0n) is 17.0. The summed E-state index contributed by atoms with van der Waals surface area (Å²) < 4.78 is 5.17. The van der Waals surface area contributed by atoms with Crippen molar-refractivity contribution in [3.63, 3.8) is 0 Å². The van der Waals surface area contributed by atoms with Gasteiger partial charge in [0, 0.05) is 19.2 Å². The van der Waals surface area contributed by atoms with Gasteiger partial charge in [-0.15, -0.1) is 0 Å². The molecule has 2 aromatic rings. The minimum Gasteiger partial charge on any atom is -0.383 e. The summed E-state index contributed by atoms with van der Waals surface area (Å²) in [5.41, 5.74) is 2.66. The van der Waals surface area contributed by atoms with Crippen LogP contribution >= 0.6 is 0 Å². The number of fused-ring (bicyclic) bond motifs is 1. The van der Waals surface area contributed by atoms with Crippen molar-refractivity contribution in [2.24, 2.45) is 4.99 Å². The third-order valence-electron chi connectivity index (χ3n) is 5.61. The van der Waals surface area contributed by atoms with E-state index in [4.69, 9.17) is 15.0 Å². The Balaban J connectivity index is 1.62. The smallest absolute Gasteiger partial charge is 0.253 e. The molecule has 0 saturated carbocycles. The number of rotatable bonds is 4. The van der Waals surface area contributed by atoms with Crippen LogP contribution in [0.1, 0.15) is 28.8 Å². The third-order valence-corrected chi connectivity index (χ3v) is 5.61. The number of carbonyl (C=O) groups is 1. The molecule has 2 aromatic carbocycles. The fraction of sp³-hybridized carbons (Fsp3) is 0.348. The highest BCUT2D eigenvalue weighted by Crippen LogP contribution is 2.36. The Morgan fingerprint density at radius 2 is 2.00 bits per heavy atom. The van der Waals surface area contributed by atoms with Gasteiger partial charge < -0.3 is 20.3 Å². The topological polar surface area (TPSA) is 89.8 Å². The molecule has 0 aromatic heterocycles. The van der Waals surface area contributed by atoms with Gasteiger partial charge in [-0.25, -0.2) is 0 Å². The van der Waals surface area contributed by atoms with Crippen LogP contribution in [0.4, 0.5) is 11.4 Å².